The summed E-state index contributed by atoms with van der Waals surface area (Å²) in [4.78, 5) is 40.0. The molecule has 3 aromatic rings. The largest absolute Gasteiger partial charge is 0.457 e. The van der Waals surface area contributed by atoms with E-state index in [1.165, 1.54) is 23.5 Å². The van der Waals surface area contributed by atoms with Crippen molar-refractivity contribution in [3.8, 4) is 11.5 Å². The first-order chi connectivity index (χ1) is 18.7. The standard InChI is InChI=1S/C27H25F2N5O4S/c28-24(29)17-11-22(27(37)32-12-21-10-18(15-39-21)25(30)31)34(14-17)23(35)13-33-26(36)16-6-8-20(9-7-16)38-19-4-2-1-3-5-19/h1-10,15,22H,11-14H2,(H3,30,31)(H,32,37)(H,33,36)/t22-/m0/s1. The topological polar surface area (TPSA) is 138 Å². The molecule has 1 fully saturated rings. The van der Waals surface area contributed by atoms with Crippen molar-refractivity contribution >= 4 is 34.9 Å². The van der Waals surface area contributed by atoms with E-state index in [0.717, 1.165) is 4.90 Å². The van der Waals surface area contributed by atoms with E-state index in [9.17, 15) is 23.2 Å². The van der Waals surface area contributed by atoms with Gasteiger partial charge in [-0.3, -0.25) is 19.8 Å². The number of hydrogen-bond donors (Lipinski definition) is 4. The van der Waals surface area contributed by atoms with Crippen LogP contribution in [0.25, 0.3) is 0 Å². The van der Waals surface area contributed by atoms with Gasteiger partial charge in [0.1, 0.15) is 23.4 Å². The van der Waals surface area contributed by atoms with Crippen LogP contribution in [0.2, 0.25) is 0 Å². The van der Waals surface area contributed by atoms with Crippen LogP contribution in [0.1, 0.15) is 27.2 Å². The fraction of sp³-hybridized carbons (Fsp3) is 0.185. The summed E-state index contributed by atoms with van der Waals surface area (Å²) in [6.07, 6.45) is -2.24. The van der Waals surface area contributed by atoms with Crippen molar-refractivity contribution in [3.63, 3.8) is 0 Å². The van der Waals surface area contributed by atoms with E-state index < -0.39 is 42.9 Å². The number of thiophene rings is 1. The molecule has 2 aromatic carbocycles. The van der Waals surface area contributed by atoms with Gasteiger partial charge in [-0.25, -0.2) is 0 Å². The number of ether oxygens (including phenoxy) is 1. The predicted octanol–water partition coefficient (Wildman–Crippen LogP) is 3.62. The monoisotopic (exact) mass is 553 g/mol. The third-order valence-corrected chi connectivity index (χ3v) is 6.90. The van der Waals surface area contributed by atoms with E-state index in [0.29, 0.717) is 21.9 Å². The molecule has 4 rings (SSSR count). The van der Waals surface area contributed by atoms with Crippen LogP contribution in [0.3, 0.4) is 0 Å². The summed E-state index contributed by atoms with van der Waals surface area (Å²) in [7, 11) is 0. The van der Waals surface area contributed by atoms with Crippen LogP contribution in [0.5, 0.6) is 11.5 Å². The molecule has 1 atom stereocenters. The molecule has 2 heterocycles. The molecule has 3 amide bonds. The van der Waals surface area contributed by atoms with Crippen molar-refractivity contribution in [1.29, 1.82) is 5.41 Å². The average molecular weight is 554 g/mol. The minimum absolute atomic E-state index is 0.0905. The summed E-state index contributed by atoms with van der Waals surface area (Å²) < 4.78 is 32.4. The van der Waals surface area contributed by atoms with Gasteiger partial charge < -0.3 is 26.0 Å². The zero-order valence-corrected chi connectivity index (χ0v) is 21.4. The molecule has 0 saturated carbocycles. The zero-order chi connectivity index (χ0) is 27.9. The molecule has 5 N–H and O–H groups in total. The second-order valence-electron chi connectivity index (χ2n) is 8.66. The Morgan fingerprint density at radius 1 is 1.03 bits per heavy atom. The van der Waals surface area contributed by atoms with Crippen LogP contribution in [0.4, 0.5) is 8.78 Å². The minimum atomic E-state index is -1.94. The maximum absolute atomic E-state index is 13.3. The van der Waals surface area contributed by atoms with E-state index in [1.54, 1.807) is 35.7 Å². The van der Waals surface area contributed by atoms with E-state index in [-0.39, 0.29) is 29.9 Å². The summed E-state index contributed by atoms with van der Waals surface area (Å²) in [5.74, 6) is -0.757. The first-order valence-electron chi connectivity index (χ1n) is 11.8. The summed E-state index contributed by atoms with van der Waals surface area (Å²) in [5.41, 5.74) is 5.93. The number of hydrogen-bond acceptors (Lipinski definition) is 6. The summed E-state index contributed by atoms with van der Waals surface area (Å²) in [6.45, 7) is -0.791. The molecule has 12 heteroatoms. The van der Waals surface area contributed by atoms with Crippen LogP contribution >= 0.6 is 11.3 Å². The number of likely N-dealkylation sites (tertiary alicyclic amines) is 1. The highest BCUT2D eigenvalue weighted by molar-refractivity contribution is 7.10. The maximum Gasteiger partial charge on any atom is 0.271 e. The second kappa shape index (κ2) is 12.3. The molecule has 1 aliphatic heterocycles. The van der Waals surface area contributed by atoms with Crippen molar-refractivity contribution < 1.29 is 27.9 Å². The maximum atomic E-state index is 13.3. The Balaban J connectivity index is 1.34. The summed E-state index contributed by atoms with van der Waals surface area (Å²) >= 11 is 1.28. The number of rotatable bonds is 9. The molecule has 0 spiro atoms. The Morgan fingerprint density at radius 3 is 2.36 bits per heavy atom. The number of para-hydroxylation sites is 1. The molecule has 0 radical (unpaired) electrons. The number of nitrogens with two attached hydrogens (primary N) is 1. The van der Waals surface area contributed by atoms with Gasteiger partial charge >= 0.3 is 0 Å². The van der Waals surface area contributed by atoms with Gasteiger partial charge in [0.15, 0.2) is 0 Å². The van der Waals surface area contributed by atoms with Gasteiger partial charge in [0.2, 0.25) is 11.8 Å². The highest BCUT2D eigenvalue weighted by atomic mass is 32.1. The Hall–Kier alpha value is -4.58. The number of carbonyl (C=O) groups is 3. The molecule has 202 valence electrons. The quantitative estimate of drug-likeness (QED) is 0.237. The van der Waals surface area contributed by atoms with Crippen LogP contribution in [-0.2, 0) is 16.1 Å². The lowest BCUT2D eigenvalue weighted by atomic mass is 10.1. The lowest BCUT2D eigenvalue weighted by Crippen LogP contribution is -2.48. The molecular weight excluding hydrogens is 528 g/mol. The van der Waals surface area contributed by atoms with E-state index >= 15 is 0 Å². The average Bonchev–Trinajstić information content (AvgIpc) is 3.60. The highest BCUT2D eigenvalue weighted by Crippen LogP contribution is 2.27. The lowest BCUT2D eigenvalue weighted by molar-refractivity contribution is -0.137. The first-order valence-corrected chi connectivity index (χ1v) is 12.7. The summed E-state index contributed by atoms with van der Waals surface area (Å²) in [6, 6.07) is 15.9. The zero-order valence-electron chi connectivity index (χ0n) is 20.6. The van der Waals surface area contributed by atoms with Gasteiger partial charge in [-0.05, 0) is 42.5 Å². The third-order valence-electron chi connectivity index (χ3n) is 5.96. The second-order valence-corrected chi connectivity index (χ2v) is 9.66. The van der Waals surface area contributed by atoms with Crippen LogP contribution in [0, 0.1) is 5.41 Å². The number of nitrogens with zero attached hydrogens (tertiary/aromatic N) is 1. The number of benzene rings is 2. The number of carbonyl (C=O) groups excluding carboxylic acids is 3. The SMILES string of the molecule is N=C(N)c1csc(CNC(=O)[C@@H]2CC(=C(F)F)CN2C(=O)CNC(=O)c2ccc(Oc3ccccc3)cc2)c1. The smallest absolute Gasteiger partial charge is 0.271 e. The molecule has 1 aliphatic rings. The van der Waals surface area contributed by atoms with Crippen molar-refractivity contribution in [1.82, 2.24) is 15.5 Å². The molecule has 0 unspecified atom stereocenters. The third kappa shape index (κ3) is 7.05. The molecule has 9 nitrogen and oxygen atoms in total. The normalized spacial score (nSPS) is 14.6. The number of amides is 3. The number of halogens is 2. The number of nitrogen functional groups attached to an aromatic ring is 1. The highest BCUT2D eigenvalue weighted by Gasteiger charge is 2.38. The van der Waals surface area contributed by atoms with Crippen molar-refractivity contribution in [2.75, 3.05) is 13.1 Å². The molecule has 0 aliphatic carbocycles. The van der Waals surface area contributed by atoms with E-state index in [4.69, 9.17) is 15.9 Å². The first kappa shape index (κ1) is 27.5. The van der Waals surface area contributed by atoms with Gasteiger partial charge in [-0.15, -0.1) is 11.3 Å². The molecule has 1 saturated heterocycles. The lowest BCUT2D eigenvalue weighted by Gasteiger charge is -2.23. The number of amidine groups is 1. The van der Waals surface area contributed by atoms with E-state index in [1.807, 2.05) is 18.2 Å². The van der Waals surface area contributed by atoms with Gasteiger partial charge in [-0.1, -0.05) is 18.2 Å². The Kier molecular flexibility index (Phi) is 8.67. The molecule has 0 bridgehead atoms. The fourth-order valence-corrected chi connectivity index (χ4v) is 4.75. The summed E-state index contributed by atoms with van der Waals surface area (Å²) in [5, 5.41) is 14.3. The Morgan fingerprint density at radius 2 is 1.72 bits per heavy atom. The van der Waals surface area contributed by atoms with Crippen molar-refractivity contribution in [2.24, 2.45) is 5.73 Å². The van der Waals surface area contributed by atoms with Gasteiger partial charge in [0.05, 0.1) is 13.1 Å². The van der Waals surface area contributed by atoms with Crippen molar-refractivity contribution in [2.45, 2.75) is 19.0 Å². The van der Waals surface area contributed by atoms with Crippen LogP contribution < -0.4 is 21.1 Å². The molecule has 1 aromatic heterocycles. The molecule has 39 heavy (non-hydrogen) atoms. The molecular formula is C27H25F2N5O4S. The van der Waals surface area contributed by atoms with Crippen LogP contribution in [-0.4, -0.2) is 47.6 Å². The van der Waals surface area contributed by atoms with Gasteiger partial charge in [0, 0.05) is 39.9 Å². The van der Waals surface area contributed by atoms with Gasteiger partial charge in [0.25, 0.3) is 12.0 Å². The minimum Gasteiger partial charge on any atom is -0.457 e. The number of nitrogens with one attached hydrogen (secondary N) is 3. The van der Waals surface area contributed by atoms with E-state index in [2.05, 4.69) is 10.6 Å². The Labute approximate surface area is 226 Å². The van der Waals surface area contributed by atoms with Crippen LogP contribution in [0.15, 0.2) is 77.7 Å². The Bertz CT molecular complexity index is 1410. The van der Waals surface area contributed by atoms with Crippen molar-refractivity contribution in [3.05, 3.63) is 93.7 Å². The van der Waals surface area contributed by atoms with Gasteiger partial charge in [-0.2, -0.15) is 8.78 Å². The fourth-order valence-electron chi connectivity index (χ4n) is 3.92. The predicted molar refractivity (Wildman–Crippen MR) is 142 cm³/mol.